The average Bonchev–Trinajstić information content (AvgIpc) is 2.98. The smallest absolute Gasteiger partial charge is 0.166 e. The molecule has 1 atom stereocenters. The van der Waals surface area contributed by atoms with Crippen molar-refractivity contribution in [1.82, 2.24) is 0 Å². The molecule has 2 N–H and O–H groups in total. The fourth-order valence-corrected chi connectivity index (χ4v) is 1.58. The van der Waals surface area contributed by atoms with Crippen molar-refractivity contribution < 1.29 is 17.6 Å². The van der Waals surface area contributed by atoms with Crippen molar-refractivity contribution in [3.63, 3.8) is 0 Å². The highest BCUT2D eigenvalue weighted by atomic mass is 19.2. The van der Waals surface area contributed by atoms with Gasteiger partial charge in [0.25, 0.3) is 0 Å². The van der Waals surface area contributed by atoms with Crippen molar-refractivity contribution in [3.05, 3.63) is 34.9 Å². The number of nitrogens with two attached hydrogens (primary N) is 1. The second kappa shape index (κ2) is 3.48. The molecule has 1 fully saturated rings. The van der Waals surface area contributed by atoms with Crippen LogP contribution in [-0.2, 0) is 0 Å². The Hall–Kier alpha value is -1.10. The minimum Gasteiger partial charge on any atom is -0.324 e. The second-order valence-corrected chi connectivity index (χ2v) is 3.75. The van der Waals surface area contributed by atoms with Crippen molar-refractivity contribution >= 4 is 0 Å². The van der Waals surface area contributed by atoms with Gasteiger partial charge in [0, 0.05) is 17.7 Å². The van der Waals surface area contributed by atoms with Gasteiger partial charge in [0.05, 0.1) is 0 Å². The molecular formula is C10H9F4N. The van der Waals surface area contributed by atoms with Crippen LogP contribution in [0.4, 0.5) is 17.6 Å². The number of hydrogen-bond acceptors (Lipinski definition) is 1. The summed E-state index contributed by atoms with van der Waals surface area (Å²) in [5.41, 5.74) is 4.86. The van der Waals surface area contributed by atoms with Gasteiger partial charge in [0.15, 0.2) is 23.3 Å². The molecular weight excluding hydrogens is 210 g/mol. The van der Waals surface area contributed by atoms with Gasteiger partial charge in [0.1, 0.15) is 0 Å². The van der Waals surface area contributed by atoms with Gasteiger partial charge >= 0.3 is 0 Å². The molecule has 1 aromatic rings. The van der Waals surface area contributed by atoms with Gasteiger partial charge < -0.3 is 5.73 Å². The lowest BCUT2D eigenvalue weighted by Gasteiger charge is -2.13. The molecule has 1 saturated carbocycles. The molecule has 1 aromatic carbocycles. The minimum absolute atomic E-state index is 0.0739. The highest BCUT2D eigenvalue weighted by Gasteiger charge is 2.35. The quantitative estimate of drug-likeness (QED) is 0.600. The van der Waals surface area contributed by atoms with Gasteiger partial charge in [-0.1, -0.05) is 0 Å². The minimum atomic E-state index is -1.40. The van der Waals surface area contributed by atoms with Crippen LogP contribution in [0, 0.1) is 29.2 Å². The van der Waals surface area contributed by atoms with Gasteiger partial charge in [-0.25, -0.2) is 17.6 Å². The first-order chi connectivity index (χ1) is 7.02. The van der Waals surface area contributed by atoms with Crippen LogP contribution in [-0.4, -0.2) is 0 Å². The monoisotopic (exact) mass is 219 g/mol. The molecule has 0 bridgehead atoms. The van der Waals surface area contributed by atoms with E-state index < -0.39 is 34.9 Å². The molecule has 0 heterocycles. The topological polar surface area (TPSA) is 26.0 Å². The summed E-state index contributed by atoms with van der Waals surface area (Å²) in [5, 5.41) is 0. The van der Waals surface area contributed by atoms with E-state index in [1.165, 1.54) is 0 Å². The molecule has 2 rings (SSSR count). The number of benzene rings is 1. The zero-order chi connectivity index (χ0) is 11.2. The molecule has 0 aliphatic heterocycles. The zero-order valence-electron chi connectivity index (χ0n) is 7.74. The van der Waals surface area contributed by atoms with E-state index in [0.717, 1.165) is 12.8 Å². The Kier molecular flexibility index (Phi) is 2.42. The van der Waals surface area contributed by atoms with E-state index in [2.05, 4.69) is 0 Å². The highest BCUT2D eigenvalue weighted by Crippen LogP contribution is 2.41. The SMILES string of the molecule is N[C@@H](c1c(F)c(F)cc(F)c1F)C1CC1. The van der Waals surface area contributed by atoms with Crippen LogP contribution in [0.3, 0.4) is 0 Å². The van der Waals surface area contributed by atoms with E-state index in [-0.39, 0.29) is 12.0 Å². The summed E-state index contributed by atoms with van der Waals surface area (Å²) in [6, 6.07) is -0.774. The third-order valence-electron chi connectivity index (χ3n) is 2.61. The van der Waals surface area contributed by atoms with Crippen molar-refractivity contribution in [2.45, 2.75) is 18.9 Å². The normalized spacial score (nSPS) is 17.9. The molecule has 0 spiro atoms. The lowest BCUT2D eigenvalue weighted by molar-refractivity contribution is 0.419. The lowest BCUT2D eigenvalue weighted by Crippen LogP contribution is -2.18. The van der Waals surface area contributed by atoms with Crippen molar-refractivity contribution in [1.29, 1.82) is 0 Å². The fourth-order valence-electron chi connectivity index (χ4n) is 1.58. The van der Waals surface area contributed by atoms with E-state index in [0.29, 0.717) is 0 Å². The van der Waals surface area contributed by atoms with Crippen LogP contribution in [0.2, 0.25) is 0 Å². The predicted molar refractivity (Wildman–Crippen MR) is 45.9 cm³/mol. The largest absolute Gasteiger partial charge is 0.324 e. The average molecular weight is 219 g/mol. The van der Waals surface area contributed by atoms with Crippen LogP contribution in [0.5, 0.6) is 0 Å². The zero-order valence-corrected chi connectivity index (χ0v) is 7.74. The summed E-state index contributed by atoms with van der Waals surface area (Å²) in [6.07, 6.45) is 1.47. The van der Waals surface area contributed by atoms with Crippen LogP contribution in [0.25, 0.3) is 0 Å². The lowest BCUT2D eigenvalue weighted by atomic mass is 10.0. The van der Waals surface area contributed by atoms with Crippen molar-refractivity contribution in [3.8, 4) is 0 Å². The fraction of sp³-hybridized carbons (Fsp3) is 0.400. The second-order valence-electron chi connectivity index (χ2n) is 3.75. The summed E-state index contributed by atoms with van der Waals surface area (Å²) < 4.78 is 52.1. The van der Waals surface area contributed by atoms with Gasteiger partial charge in [-0.3, -0.25) is 0 Å². The first-order valence-corrected chi connectivity index (χ1v) is 4.61. The highest BCUT2D eigenvalue weighted by molar-refractivity contribution is 5.27. The molecule has 0 aromatic heterocycles. The number of rotatable bonds is 2. The summed E-state index contributed by atoms with van der Waals surface area (Å²) in [5.74, 6) is -5.64. The van der Waals surface area contributed by atoms with E-state index in [9.17, 15) is 17.6 Å². The Labute approximate surface area is 83.9 Å². The molecule has 0 radical (unpaired) electrons. The number of hydrogen-bond donors (Lipinski definition) is 1. The first kappa shape index (κ1) is 10.4. The summed E-state index contributed by atoms with van der Waals surface area (Å²) in [4.78, 5) is 0. The van der Waals surface area contributed by atoms with Crippen LogP contribution >= 0.6 is 0 Å². The van der Waals surface area contributed by atoms with Crippen LogP contribution in [0.15, 0.2) is 6.07 Å². The predicted octanol–water partition coefficient (Wildman–Crippen LogP) is 2.65. The number of halogens is 4. The molecule has 1 aliphatic carbocycles. The Morgan fingerprint density at radius 1 is 1.07 bits per heavy atom. The standard InChI is InChI=1S/C10H9F4N/c11-5-3-6(12)9(14)7(8(5)13)10(15)4-1-2-4/h3-4,10H,1-2,15H2/t10-/m1/s1. The third kappa shape index (κ3) is 1.71. The molecule has 0 saturated heterocycles. The molecule has 1 nitrogen and oxygen atoms in total. The van der Waals surface area contributed by atoms with Gasteiger partial charge in [-0.15, -0.1) is 0 Å². The van der Waals surface area contributed by atoms with Crippen molar-refractivity contribution in [2.24, 2.45) is 11.7 Å². The van der Waals surface area contributed by atoms with Gasteiger partial charge in [0.2, 0.25) is 0 Å². The van der Waals surface area contributed by atoms with Crippen LogP contribution < -0.4 is 5.73 Å². The maximum Gasteiger partial charge on any atom is 0.166 e. The maximum absolute atomic E-state index is 13.2. The van der Waals surface area contributed by atoms with E-state index in [1.807, 2.05) is 0 Å². The molecule has 5 heteroatoms. The third-order valence-corrected chi connectivity index (χ3v) is 2.61. The molecule has 0 amide bonds. The Morgan fingerprint density at radius 3 is 1.93 bits per heavy atom. The molecule has 0 unspecified atom stereocenters. The first-order valence-electron chi connectivity index (χ1n) is 4.61. The van der Waals surface area contributed by atoms with Crippen molar-refractivity contribution in [2.75, 3.05) is 0 Å². The Morgan fingerprint density at radius 2 is 1.53 bits per heavy atom. The van der Waals surface area contributed by atoms with E-state index in [4.69, 9.17) is 5.73 Å². The summed E-state index contributed by atoms with van der Waals surface area (Å²) in [7, 11) is 0. The Balaban J connectivity index is 2.52. The molecule has 82 valence electrons. The molecule has 1 aliphatic rings. The molecule has 15 heavy (non-hydrogen) atoms. The van der Waals surface area contributed by atoms with Crippen LogP contribution in [0.1, 0.15) is 24.4 Å². The Bertz CT molecular complexity index is 375. The summed E-state index contributed by atoms with van der Waals surface area (Å²) in [6.45, 7) is 0. The van der Waals surface area contributed by atoms with Gasteiger partial charge in [-0.2, -0.15) is 0 Å². The summed E-state index contributed by atoms with van der Waals surface area (Å²) >= 11 is 0. The van der Waals surface area contributed by atoms with E-state index >= 15 is 0 Å². The maximum atomic E-state index is 13.2. The van der Waals surface area contributed by atoms with E-state index in [1.54, 1.807) is 0 Å². The van der Waals surface area contributed by atoms with Gasteiger partial charge in [-0.05, 0) is 18.8 Å².